The fourth-order valence-electron chi connectivity index (χ4n) is 5.63. The number of carbonyl (C=O) groups is 2. The van der Waals surface area contributed by atoms with E-state index in [-0.39, 0.29) is 29.9 Å². The second-order valence-electron chi connectivity index (χ2n) is 9.33. The molecule has 2 amide bonds. The summed E-state index contributed by atoms with van der Waals surface area (Å²) in [7, 11) is 2.08. The van der Waals surface area contributed by atoms with E-state index in [1.54, 1.807) is 0 Å². The van der Waals surface area contributed by atoms with Gasteiger partial charge in [0, 0.05) is 75.4 Å². The second-order valence-corrected chi connectivity index (χ2v) is 9.33. The molecule has 4 heterocycles. The number of hydrogen-bond donors (Lipinski definition) is 2. The fourth-order valence-corrected chi connectivity index (χ4v) is 5.63. The van der Waals surface area contributed by atoms with Gasteiger partial charge in [-0.1, -0.05) is 18.2 Å². The summed E-state index contributed by atoms with van der Waals surface area (Å²) in [6.45, 7) is 4.13. The van der Waals surface area contributed by atoms with Crippen LogP contribution in [0.15, 0.2) is 30.5 Å². The molecule has 3 aliphatic heterocycles. The average molecular weight is 424 g/mol. The topological polar surface area (TPSA) is 69.6 Å². The van der Waals surface area contributed by atoms with Crippen LogP contribution in [0.3, 0.4) is 0 Å². The third-order valence-electron chi connectivity index (χ3n) is 7.33. The Morgan fingerprint density at radius 1 is 1.23 bits per heavy atom. The Kier molecular flexibility index (Phi) is 5.71. The fraction of sp³-hybridized carbons (Fsp3) is 0.583. The van der Waals surface area contributed by atoms with Crippen molar-refractivity contribution in [3.8, 4) is 0 Å². The van der Waals surface area contributed by atoms with Crippen LogP contribution in [-0.4, -0.2) is 70.5 Å². The molecule has 3 aliphatic rings. The first-order chi connectivity index (χ1) is 15.1. The summed E-state index contributed by atoms with van der Waals surface area (Å²) >= 11 is 0. The molecule has 7 heteroatoms. The van der Waals surface area contributed by atoms with Crippen molar-refractivity contribution in [2.24, 2.45) is 7.05 Å². The lowest BCUT2D eigenvalue weighted by Crippen LogP contribution is -2.58. The Balaban J connectivity index is 1.20. The summed E-state index contributed by atoms with van der Waals surface area (Å²) < 4.78 is 2.17. The molecule has 3 saturated heterocycles. The Hall–Kier alpha value is -2.38. The van der Waals surface area contributed by atoms with Gasteiger partial charge in [0.05, 0.1) is 6.04 Å². The summed E-state index contributed by atoms with van der Waals surface area (Å²) in [4.78, 5) is 29.3. The largest absolute Gasteiger partial charge is 0.353 e. The Morgan fingerprint density at radius 2 is 2.03 bits per heavy atom. The molecule has 0 spiro atoms. The molecule has 2 N–H and O–H groups in total. The highest BCUT2D eigenvalue weighted by molar-refractivity contribution is 5.84. The third-order valence-corrected chi connectivity index (χ3v) is 7.33. The van der Waals surface area contributed by atoms with Crippen molar-refractivity contribution in [1.29, 1.82) is 0 Å². The van der Waals surface area contributed by atoms with Gasteiger partial charge in [0.1, 0.15) is 0 Å². The van der Waals surface area contributed by atoms with Gasteiger partial charge in [0.2, 0.25) is 11.8 Å². The van der Waals surface area contributed by atoms with Crippen LogP contribution in [0.25, 0.3) is 10.9 Å². The van der Waals surface area contributed by atoms with E-state index in [0.29, 0.717) is 13.0 Å². The maximum absolute atomic E-state index is 12.5. The van der Waals surface area contributed by atoms with Crippen molar-refractivity contribution in [3.05, 3.63) is 36.0 Å². The van der Waals surface area contributed by atoms with Crippen LogP contribution in [0.5, 0.6) is 0 Å². The Bertz CT molecular complexity index is 964. The first-order valence-corrected chi connectivity index (χ1v) is 11.7. The van der Waals surface area contributed by atoms with Gasteiger partial charge < -0.3 is 20.1 Å². The molecule has 1 aromatic carbocycles. The van der Waals surface area contributed by atoms with E-state index >= 15 is 0 Å². The zero-order valence-electron chi connectivity index (χ0n) is 18.3. The molecule has 0 aliphatic carbocycles. The maximum atomic E-state index is 12.5. The number of amides is 2. The predicted molar refractivity (Wildman–Crippen MR) is 121 cm³/mol. The number of rotatable bonds is 6. The normalized spacial score (nSPS) is 26.4. The first-order valence-electron chi connectivity index (χ1n) is 11.7. The van der Waals surface area contributed by atoms with Gasteiger partial charge in [-0.25, -0.2) is 0 Å². The minimum atomic E-state index is -0.0781. The van der Waals surface area contributed by atoms with Gasteiger partial charge in [0.25, 0.3) is 0 Å². The molecule has 0 saturated carbocycles. The summed E-state index contributed by atoms with van der Waals surface area (Å²) in [5, 5.41) is 8.06. The molecule has 3 fully saturated rings. The smallest absolute Gasteiger partial charge is 0.237 e. The maximum Gasteiger partial charge on any atom is 0.237 e. The van der Waals surface area contributed by atoms with Gasteiger partial charge in [0.15, 0.2) is 0 Å². The van der Waals surface area contributed by atoms with Crippen molar-refractivity contribution in [3.63, 3.8) is 0 Å². The number of aryl methyl sites for hydroxylation is 1. The van der Waals surface area contributed by atoms with E-state index in [9.17, 15) is 9.59 Å². The van der Waals surface area contributed by atoms with E-state index < -0.39 is 0 Å². The van der Waals surface area contributed by atoms with Gasteiger partial charge in [-0.2, -0.15) is 0 Å². The molecule has 2 aromatic rings. The van der Waals surface area contributed by atoms with Gasteiger partial charge in [-0.3, -0.25) is 14.5 Å². The van der Waals surface area contributed by atoms with Crippen molar-refractivity contribution in [1.82, 2.24) is 25.0 Å². The van der Waals surface area contributed by atoms with E-state index in [1.807, 2.05) is 4.90 Å². The monoisotopic (exact) mass is 423 g/mol. The third kappa shape index (κ3) is 4.08. The zero-order valence-corrected chi connectivity index (χ0v) is 18.3. The molecule has 1 aromatic heterocycles. The highest BCUT2D eigenvalue weighted by Crippen LogP contribution is 2.27. The molecule has 0 unspecified atom stereocenters. The van der Waals surface area contributed by atoms with Crippen LogP contribution in [0.1, 0.15) is 37.7 Å². The van der Waals surface area contributed by atoms with E-state index in [0.717, 1.165) is 51.9 Å². The van der Waals surface area contributed by atoms with Gasteiger partial charge >= 0.3 is 0 Å². The summed E-state index contributed by atoms with van der Waals surface area (Å²) in [6, 6.07) is 8.92. The molecule has 5 rings (SSSR count). The highest BCUT2D eigenvalue weighted by atomic mass is 16.2. The van der Waals surface area contributed by atoms with E-state index in [2.05, 4.69) is 57.6 Å². The second kappa shape index (κ2) is 8.63. The lowest BCUT2D eigenvalue weighted by atomic mass is 10.0. The van der Waals surface area contributed by atoms with Crippen LogP contribution in [0.4, 0.5) is 0 Å². The van der Waals surface area contributed by atoms with Crippen molar-refractivity contribution >= 4 is 22.7 Å². The first kappa shape index (κ1) is 20.5. The minimum absolute atomic E-state index is 0.0781. The molecule has 7 nitrogen and oxygen atoms in total. The Morgan fingerprint density at radius 3 is 2.87 bits per heavy atom. The summed E-state index contributed by atoms with van der Waals surface area (Å²) in [5.74, 6) is 0.410. The van der Waals surface area contributed by atoms with Crippen molar-refractivity contribution in [2.75, 3.05) is 26.2 Å². The number of nitrogens with zero attached hydrogens (tertiary/aromatic N) is 3. The Labute approximate surface area is 183 Å². The van der Waals surface area contributed by atoms with Crippen molar-refractivity contribution < 1.29 is 9.59 Å². The van der Waals surface area contributed by atoms with Crippen LogP contribution >= 0.6 is 0 Å². The van der Waals surface area contributed by atoms with Gasteiger partial charge in [-0.15, -0.1) is 0 Å². The standard InChI is InChI=1S/C24H33N5O2/c1-27-15-17(20-6-2-3-7-21(20)27)13-25-18-12-22-24(31)26-14-19(29(22)16-18)8-9-23(30)28-10-4-5-11-28/h2-3,6-7,15,18-19,22,25H,4-5,8-14,16H2,1H3,(H,26,31)/t18-,19+,22-/m0/s1. The van der Waals surface area contributed by atoms with E-state index in [1.165, 1.54) is 16.5 Å². The summed E-state index contributed by atoms with van der Waals surface area (Å²) in [6.07, 6.45) is 6.68. The predicted octanol–water partition coefficient (Wildman–Crippen LogP) is 1.61. The van der Waals surface area contributed by atoms with E-state index in [4.69, 9.17) is 0 Å². The number of likely N-dealkylation sites (tertiary alicyclic amines) is 1. The van der Waals surface area contributed by atoms with Crippen LogP contribution in [0, 0.1) is 0 Å². The SMILES string of the molecule is Cn1cc(CN[C@H]2C[C@H]3C(=O)NC[C@@H](CCC(=O)N4CCCC4)N3C2)c2ccccc21. The number of para-hydroxylation sites is 1. The molecular weight excluding hydrogens is 390 g/mol. The van der Waals surface area contributed by atoms with Crippen LogP contribution < -0.4 is 10.6 Å². The lowest BCUT2D eigenvalue weighted by molar-refractivity contribution is -0.131. The number of hydrogen-bond acceptors (Lipinski definition) is 4. The molecular formula is C24H33N5O2. The van der Waals surface area contributed by atoms with Gasteiger partial charge in [-0.05, 0) is 37.3 Å². The van der Waals surface area contributed by atoms with Crippen LogP contribution in [0.2, 0.25) is 0 Å². The number of benzene rings is 1. The quantitative estimate of drug-likeness (QED) is 0.741. The number of piperazine rings is 1. The van der Waals surface area contributed by atoms with Crippen molar-refractivity contribution in [2.45, 2.75) is 56.8 Å². The molecule has 31 heavy (non-hydrogen) atoms. The number of fused-ring (bicyclic) bond motifs is 2. The summed E-state index contributed by atoms with van der Waals surface area (Å²) in [5.41, 5.74) is 2.53. The zero-order chi connectivity index (χ0) is 21.4. The van der Waals surface area contributed by atoms with Crippen LogP contribution in [-0.2, 0) is 23.2 Å². The molecule has 166 valence electrons. The number of carbonyl (C=O) groups excluding carboxylic acids is 2. The molecule has 0 radical (unpaired) electrons. The molecule has 3 atom stereocenters. The highest BCUT2D eigenvalue weighted by Gasteiger charge is 2.43. The number of aromatic nitrogens is 1. The average Bonchev–Trinajstić information content (AvgIpc) is 3.52. The minimum Gasteiger partial charge on any atom is -0.353 e. The number of nitrogens with one attached hydrogen (secondary N) is 2. The molecule has 0 bridgehead atoms. The lowest BCUT2D eigenvalue weighted by Gasteiger charge is -2.37.